The SMILES string of the molecule is Nc1cccn2c(=O)cc(CC(=O)O)nc12. The van der Waals surface area contributed by atoms with Gasteiger partial charge in [0.1, 0.15) is 0 Å². The normalized spacial score (nSPS) is 10.5. The zero-order valence-corrected chi connectivity index (χ0v) is 8.25. The number of carbonyl (C=O) groups is 1. The van der Waals surface area contributed by atoms with E-state index in [1.165, 1.54) is 16.7 Å². The number of nitrogen functional groups attached to an aromatic ring is 1. The molecule has 2 aromatic rings. The third kappa shape index (κ3) is 1.72. The largest absolute Gasteiger partial charge is 0.481 e. The van der Waals surface area contributed by atoms with Crippen LogP contribution in [-0.2, 0) is 11.2 Å². The number of hydrogen-bond donors (Lipinski definition) is 2. The van der Waals surface area contributed by atoms with Crippen molar-refractivity contribution in [1.82, 2.24) is 9.38 Å². The van der Waals surface area contributed by atoms with Gasteiger partial charge >= 0.3 is 5.97 Å². The van der Waals surface area contributed by atoms with Gasteiger partial charge in [-0.3, -0.25) is 14.0 Å². The summed E-state index contributed by atoms with van der Waals surface area (Å²) in [6.45, 7) is 0. The Morgan fingerprint density at radius 3 is 3.00 bits per heavy atom. The highest BCUT2D eigenvalue weighted by Crippen LogP contribution is 2.08. The van der Waals surface area contributed by atoms with Crippen LogP contribution in [0.3, 0.4) is 0 Å². The highest BCUT2D eigenvalue weighted by Gasteiger charge is 2.07. The molecule has 0 fully saturated rings. The van der Waals surface area contributed by atoms with Crippen LogP contribution >= 0.6 is 0 Å². The maximum atomic E-state index is 11.6. The summed E-state index contributed by atoms with van der Waals surface area (Å²) in [7, 11) is 0. The number of carboxylic acids is 1. The molecule has 2 aromatic heterocycles. The summed E-state index contributed by atoms with van der Waals surface area (Å²) < 4.78 is 1.28. The first-order chi connectivity index (χ1) is 7.58. The minimum Gasteiger partial charge on any atom is -0.481 e. The summed E-state index contributed by atoms with van der Waals surface area (Å²) in [5, 5.41) is 8.62. The Labute approximate surface area is 90.0 Å². The van der Waals surface area contributed by atoms with E-state index in [2.05, 4.69) is 4.98 Å². The second-order valence-electron chi connectivity index (χ2n) is 3.31. The summed E-state index contributed by atoms with van der Waals surface area (Å²) in [6.07, 6.45) is 1.24. The molecule has 16 heavy (non-hydrogen) atoms. The first-order valence-corrected chi connectivity index (χ1v) is 4.56. The van der Waals surface area contributed by atoms with Gasteiger partial charge in [0.25, 0.3) is 5.56 Å². The zero-order chi connectivity index (χ0) is 11.7. The van der Waals surface area contributed by atoms with Gasteiger partial charge in [0.2, 0.25) is 0 Å². The van der Waals surface area contributed by atoms with Crippen molar-refractivity contribution in [3.8, 4) is 0 Å². The van der Waals surface area contributed by atoms with Gasteiger partial charge < -0.3 is 10.8 Å². The molecule has 2 heterocycles. The molecule has 0 aliphatic heterocycles. The lowest BCUT2D eigenvalue weighted by molar-refractivity contribution is -0.136. The topological polar surface area (TPSA) is 97.7 Å². The number of nitrogens with two attached hydrogens (primary N) is 1. The van der Waals surface area contributed by atoms with Gasteiger partial charge in [-0.2, -0.15) is 0 Å². The number of fused-ring (bicyclic) bond motifs is 1. The lowest BCUT2D eigenvalue weighted by Crippen LogP contribution is -2.17. The molecule has 0 aliphatic rings. The minimum atomic E-state index is -1.04. The van der Waals surface area contributed by atoms with Crippen LogP contribution in [0.15, 0.2) is 29.2 Å². The molecule has 0 aliphatic carbocycles. The van der Waals surface area contributed by atoms with E-state index in [1.807, 2.05) is 0 Å². The third-order valence-corrected chi connectivity index (χ3v) is 2.11. The van der Waals surface area contributed by atoms with Crippen molar-refractivity contribution in [2.45, 2.75) is 6.42 Å². The summed E-state index contributed by atoms with van der Waals surface area (Å²) in [6, 6.07) is 4.43. The molecule has 0 aromatic carbocycles. The van der Waals surface area contributed by atoms with Crippen molar-refractivity contribution >= 4 is 17.3 Å². The van der Waals surface area contributed by atoms with E-state index in [-0.39, 0.29) is 23.3 Å². The molecular weight excluding hydrogens is 210 g/mol. The second kappa shape index (κ2) is 3.65. The van der Waals surface area contributed by atoms with E-state index < -0.39 is 5.97 Å². The molecule has 2 rings (SSSR count). The molecule has 0 saturated carbocycles. The number of rotatable bonds is 2. The van der Waals surface area contributed by atoms with Crippen LogP contribution in [0.4, 0.5) is 5.69 Å². The van der Waals surface area contributed by atoms with Crippen molar-refractivity contribution in [1.29, 1.82) is 0 Å². The Morgan fingerprint density at radius 2 is 2.31 bits per heavy atom. The smallest absolute Gasteiger partial charge is 0.309 e. The predicted molar refractivity (Wildman–Crippen MR) is 57.2 cm³/mol. The molecule has 3 N–H and O–H groups in total. The van der Waals surface area contributed by atoms with Crippen molar-refractivity contribution in [2.24, 2.45) is 0 Å². The van der Waals surface area contributed by atoms with E-state index in [9.17, 15) is 9.59 Å². The Kier molecular flexibility index (Phi) is 2.32. The van der Waals surface area contributed by atoms with Gasteiger partial charge in [-0.15, -0.1) is 0 Å². The fourth-order valence-electron chi connectivity index (χ4n) is 1.44. The number of hydrogen-bond acceptors (Lipinski definition) is 4. The molecule has 6 heteroatoms. The molecule has 6 nitrogen and oxygen atoms in total. The third-order valence-electron chi connectivity index (χ3n) is 2.11. The molecule has 0 saturated heterocycles. The number of aromatic nitrogens is 2. The Hall–Kier alpha value is -2.37. The van der Waals surface area contributed by atoms with Gasteiger partial charge in [-0.05, 0) is 12.1 Å². The zero-order valence-electron chi connectivity index (χ0n) is 8.25. The van der Waals surface area contributed by atoms with Crippen molar-refractivity contribution in [2.75, 3.05) is 5.73 Å². The maximum absolute atomic E-state index is 11.6. The van der Waals surface area contributed by atoms with Crippen LogP contribution in [0, 0.1) is 0 Å². The molecule has 0 amide bonds. The predicted octanol–water partition coefficient (Wildman–Crippen LogP) is -0.0962. The number of anilines is 1. The molecule has 0 spiro atoms. The molecule has 0 radical (unpaired) electrons. The number of pyridine rings is 1. The van der Waals surface area contributed by atoms with Crippen molar-refractivity contribution < 1.29 is 9.90 Å². The Balaban J connectivity index is 2.70. The standard InChI is InChI=1S/C10H9N3O3/c11-7-2-1-3-13-8(14)4-6(5-9(15)16)12-10(7)13/h1-4H,5,11H2,(H,15,16). The lowest BCUT2D eigenvalue weighted by atomic mass is 10.3. The van der Waals surface area contributed by atoms with Crippen molar-refractivity contribution in [3.63, 3.8) is 0 Å². The number of aliphatic carboxylic acids is 1. The molecule has 0 atom stereocenters. The summed E-state index contributed by atoms with van der Waals surface area (Å²) in [4.78, 5) is 26.2. The van der Waals surface area contributed by atoms with Gasteiger partial charge in [-0.1, -0.05) is 0 Å². The monoisotopic (exact) mass is 219 g/mol. The van der Waals surface area contributed by atoms with Gasteiger partial charge in [0, 0.05) is 12.3 Å². The van der Waals surface area contributed by atoms with E-state index in [0.29, 0.717) is 5.69 Å². The fraction of sp³-hybridized carbons (Fsp3) is 0.100. The highest BCUT2D eigenvalue weighted by atomic mass is 16.4. The molecule has 0 bridgehead atoms. The second-order valence-corrected chi connectivity index (χ2v) is 3.31. The van der Waals surface area contributed by atoms with Crippen LogP contribution in [-0.4, -0.2) is 20.5 Å². The molecule has 82 valence electrons. The van der Waals surface area contributed by atoms with Crippen LogP contribution < -0.4 is 11.3 Å². The quantitative estimate of drug-likeness (QED) is 0.735. The molecule has 0 unspecified atom stereocenters. The first kappa shape index (κ1) is 10.2. The van der Waals surface area contributed by atoms with Crippen LogP contribution in [0.5, 0.6) is 0 Å². The summed E-state index contributed by atoms with van der Waals surface area (Å²) in [5.74, 6) is -1.04. The van der Waals surface area contributed by atoms with E-state index in [4.69, 9.17) is 10.8 Å². The number of carboxylic acid groups (broad SMARTS) is 1. The van der Waals surface area contributed by atoms with Crippen LogP contribution in [0.1, 0.15) is 5.69 Å². The first-order valence-electron chi connectivity index (χ1n) is 4.56. The summed E-state index contributed by atoms with van der Waals surface area (Å²) in [5.41, 5.74) is 6.14. The van der Waals surface area contributed by atoms with Crippen LogP contribution in [0.25, 0.3) is 5.65 Å². The average molecular weight is 219 g/mol. The molecular formula is C10H9N3O3. The van der Waals surface area contributed by atoms with Gasteiger partial charge in [-0.25, -0.2) is 4.98 Å². The van der Waals surface area contributed by atoms with Crippen molar-refractivity contribution in [3.05, 3.63) is 40.4 Å². The van der Waals surface area contributed by atoms with E-state index in [1.54, 1.807) is 12.1 Å². The number of nitrogens with zero attached hydrogens (tertiary/aromatic N) is 2. The summed E-state index contributed by atoms with van der Waals surface area (Å²) >= 11 is 0. The Bertz CT molecular complexity index is 618. The maximum Gasteiger partial charge on any atom is 0.309 e. The Morgan fingerprint density at radius 1 is 1.56 bits per heavy atom. The highest BCUT2D eigenvalue weighted by molar-refractivity contribution is 5.70. The van der Waals surface area contributed by atoms with Gasteiger partial charge in [0.05, 0.1) is 17.8 Å². The average Bonchev–Trinajstić information content (AvgIpc) is 2.19. The van der Waals surface area contributed by atoms with E-state index >= 15 is 0 Å². The van der Waals surface area contributed by atoms with Crippen LogP contribution in [0.2, 0.25) is 0 Å². The van der Waals surface area contributed by atoms with Gasteiger partial charge in [0.15, 0.2) is 5.65 Å². The lowest BCUT2D eigenvalue weighted by Gasteiger charge is -2.04. The fourth-order valence-corrected chi connectivity index (χ4v) is 1.44. The van der Waals surface area contributed by atoms with E-state index in [0.717, 1.165) is 0 Å². The minimum absolute atomic E-state index is 0.204.